The normalized spacial score (nSPS) is 17.2. The summed E-state index contributed by atoms with van der Waals surface area (Å²) in [5.41, 5.74) is 0.778. The molecule has 2 rings (SSSR count). The van der Waals surface area contributed by atoms with Crippen LogP contribution in [0.4, 0.5) is 0 Å². The van der Waals surface area contributed by atoms with E-state index in [4.69, 9.17) is 23.2 Å². The van der Waals surface area contributed by atoms with Crippen molar-refractivity contribution >= 4 is 29.1 Å². The minimum absolute atomic E-state index is 0.0252. The van der Waals surface area contributed by atoms with Crippen LogP contribution < -0.4 is 5.32 Å². The molecule has 16 heavy (non-hydrogen) atoms. The maximum absolute atomic E-state index is 11.2. The van der Waals surface area contributed by atoms with Crippen LogP contribution in [0.15, 0.2) is 6.20 Å². The topological polar surface area (TPSA) is 58.1 Å². The van der Waals surface area contributed by atoms with Gasteiger partial charge < -0.3 is 5.32 Å². The third kappa shape index (κ3) is 2.81. The van der Waals surface area contributed by atoms with Crippen LogP contribution in [0.2, 0.25) is 10.4 Å². The predicted octanol–water partition coefficient (Wildman–Crippen LogP) is 0.715. The van der Waals surface area contributed by atoms with Crippen molar-refractivity contribution in [3.63, 3.8) is 0 Å². The van der Waals surface area contributed by atoms with Gasteiger partial charge in [0.15, 0.2) is 0 Å². The fourth-order valence-electron chi connectivity index (χ4n) is 1.54. The minimum Gasteiger partial charge on any atom is -0.354 e. The Bertz CT molecular complexity index is 412. The molecule has 86 valence electrons. The molecule has 1 aliphatic rings. The van der Waals surface area contributed by atoms with Gasteiger partial charge in [-0.1, -0.05) is 11.6 Å². The lowest BCUT2D eigenvalue weighted by Crippen LogP contribution is -2.47. The molecule has 0 aliphatic carbocycles. The average molecular weight is 261 g/mol. The summed E-state index contributed by atoms with van der Waals surface area (Å²) in [5, 5.41) is 3.22. The lowest BCUT2D eigenvalue weighted by Gasteiger charge is -2.26. The van der Waals surface area contributed by atoms with Gasteiger partial charge in [-0.2, -0.15) is 0 Å². The standard InChI is InChI=1S/C9H10Cl2N4O/c10-8-6(3-13-9(11)14-8)4-15-2-1-12-7(16)5-15/h3H,1-2,4-5H2,(H,12,16). The summed E-state index contributed by atoms with van der Waals surface area (Å²) in [6.07, 6.45) is 1.59. The number of nitrogens with one attached hydrogen (secondary N) is 1. The second-order valence-electron chi connectivity index (χ2n) is 3.52. The number of hydrogen-bond acceptors (Lipinski definition) is 4. The first-order valence-electron chi connectivity index (χ1n) is 4.81. The van der Waals surface area contributed by atoms with E-state index in [0.29, 0.717) is 24.8 Å². The van der Waals surface area contributed by atoms with Crippen molar-refractivity contribution in [2.75, 3.05) is 19.6 Å². The van der Waals surface area contributed by atoms with E-state index in [2.05, 4.69) is 15.3 Å². The Balaban J connectivity index is 2.05. The molecule has 1 aliphatic heterocycles. The molecule has 0 atom stereocenters. The van der Waals surface area contributed by atoms with Crippen LogP contribution in [0.25, 0.3) is 0 Å². The van der Waals surface area contributed by atoms with Crippen LogP contribution >= 0.6 is 23.2 Å². The van der Waals surface area contributed by atoms with E-state index in [1.54, 1.807) is 6.20 Å². The quantitative estimate of drug-likeness (QED) is 0.629. The smallest absolute Gasteiger partial charge is 0.234 e. The van der Waals surface area contributed by atoms with E-state index in [9.17, 15) is 4.79 Å². The Labute approximate surface area is 103 Å². The van der Waals surface area contributed by atoms with Crippen LogP contribution in [-0.2, 0) is 11.3 Å². The van der Waals surface area contributed by atoms with E-state index in [0.717, 1.165) is 12.1 Å². The van der Waals surface area contributed by atoms with Crippen molar-refractivity contribution in [1.82, 2.24) is 20.2 Å². The zero-order chi connectivity index (χ0) is 11.5. The molecule has 0 unspecified atom stereocenters. The Morgan fingerprint density at radius 1 is 1.50 bits per heavy atom. The first-order valence-corrected chi connectivity index (χ1v) is 5.57. The molecule has 2 heterocycles. The molecule has 1 fully saturated rings. The summed E-state index contributed by atoms with van der Waals surface area (Å²) in [5.74, 6) is 0.0252. The fourth-order valence-corrected chi connectivity index (χ4v) is 1.90. The van der Waals surface area contributed by atoms with Gasteiger partial charge in [-0.25, -0.2) is 9.97 Å². The summed E-state index contributed by atoms with van der Waals surface area (Å²) in [6.45, 7) is 2.39. The molecule has 1 aromatic rings. The molecule has 1 aromatic heterocycles. The molecule has 0 aromatic carbocycles. The molecule has 0 bridgehead atoms. The van der Waals surface area contributed by atoms with Gasteiger partial charge in [-0.05, 0) is 11.6 Å². The van der Waals surface area contributed by atoms with Gasteiger partial charge in [0, 0.05) is 31.4 Å². The minimum atomic E-state index is 0.0252. The van der Waals surface area contributed by atoms with Crippen molar-refractivity contribution in [3.8, 4) is 0 Å². The molecule has 0 radical (unpaired) electrons. The van der Waals surface area contributed by atoms with Crippen LogP contribution in [0.5, 0.6) is 0 Å². The van der Waals surface area contributed by atoms with Gasteiger partial charge in [0.2, 0.25) is 11.2 Å². The van der Waals surface area contributed by atoms with Crippen LogP contribution in [0, 0.1) is 0 Å². The largest absolute Gasteiger partial charge is 0.354 e. The monoisotopic (exact) mass is 260 g/mol. The van der Waals surface area contributed by atoms with Gasteiger partial charge in [-0.3, -0.25) is 9.69 Å². The van der Waals surface area contributed by atoms with Gasteiger partial charge in [0.05, 0.1) is 6.54 Å². The van der Waals surface area contributed by atoms with E-state index >= 15 is 0 Å². The summed E-state index contributed by atoms with van der Waals surface area (Å²) in [7, 11) is 0. The maximum Gasteiger partial charge on any atom is 0.234 e. The number of nitrogens with zero attached hydrogens (tertiary/aromatic N) is 3. The van der Waals surface area contributed by atoms with Gasteiger partial charge in [0.25, 0.3) is 0 Å². The molecule has 7 heteroatoms. The lowest BCUT2D eigenvalue weighted by molar-refractivity contribution is -0.124. The van der Waals surface area contributed by atoms with Crippen LogP contribution in [0.3, 0.4) is 0 Å². The summed E-state index contributed by atoms with van der Waals surface area (Å²) < 4.78 is 0. The van der Waals surface area contributed by atoms with Crippen LogP contribution in [0.1, 0.15) is 5.56 Å². The highest BCUT2D eigenvalue weighted by atomic mass is 35.5. The van der Waals surface area contributed by atoms with Gasteiger partial charge in [-0.15, -0.1) is 0 Å². The summed E-state index contributed by atoms with van der Waals surface area (Å²) in [4.78, 5) is 20.9. The number of rotatable bonds is 2. The maximum atomic E-state index is 11.2. The predicted molar refractivity (Wildman–Crippen MR) is 60.3 cm³/mol. The Hall–Kier alpha value is -0.910. The average Bonchev–Trinajstić information content (AvgIpc) is 2.22. The zero-order valence-corrected chi connectivity index (χ0v) is 9.92. The summed E-state index contributed by atoms with van der Waals surface area (Å²) >= 11 is 11.5. The first-order chi connectivity index (χ1) is 7.65. The number of amides is 1. The van der Waals surface area contributed by atoms with Gasteiger partial charge >= 0.3 is 0 Å². The number of hydrogen-bond donors (Lipinski definition) is 1. The van der Waals surface area contributed by atoms with E-state index in [1.165, 1.54) is 0 Å². The molecular formula is C9H10Cl2N4O. The molecule has 1 amide bonds. The van der Waals surface area contributed by atoms with Crippen LogP contribution in [-0.4, -0.2) is 40.4 Å². The lowest BCUT2D eigenvalue weighted by atomic mass is 10.2. The fraction of sp³-hybridized carbons (Fsp3) is 0.444. The number of aromatic nitrogens is 2. The highest BCUT2D eigenvalue weighted by molar-refractivity contribution is 6.32. The second-order valence-corrected chi connectivity index (χ2v) is 4.21. The summed E-state index contributed by atoms with van der Waals surface area (Å²) in [6, 6.07) is 0. The molecule has 1 saturated heterocycles. The third-order valence-electron chi connectivity index (χ3n) is 2.29. The number of halogens is 2. The van der Waals surface area contributed by atoms with Crippen molar-refractivity contribution in [3.05, 3.63) is 22.2 Å². The molecule has 0 spiro atoms. The second kappa shape index (κ2) is 4.95. The Kier molecular flexibility index (Phi) is 3.58. The van der Waals surface area contributed by atoms with Crippen molar-refractivity contribution < 1.29 is 4.79 Å². The molecule has 5 nitrogen and oxygen atoms in total. The Morgan fingerprint density at radius 2 is 2.31 bits per heavy atom. The van der Waals surface area contributed by atoms with Crippen molar-refractivity contribution in [1.29, 1.82) is 0 Å². The SMILES string of the molecule is O=C1CN(Cc2cnc(Cl)nc2Cl)CCN1. The van der Waals surface area contributed by atoms with E-state index < -0.39 is 0 Å². The highest BCUT2D eigenvalue weighted by Crippen LogP contribution is 2.16. The van der Waals surface area contributed by atoms with Crippen molar-refractivity contribution in [2.45, 2.75) is 6.54 Å². The third-order valence-corrected chi connectivity index (χ3v) is 2.80. The first kappa shape index (κ1) is 11.6. The zero-order valence-electron chi connectivity index (χ0n) is 8.41. The van der Waals surface area contributed by atoms with E-state index in [-0.39, 0.29) is 11.2 Å². The molecule has 0 saturated carbocycles. The number of carbonyl (C=O) groups excluding carboxylic acids is 1. The number of piperazine rings is 1. The van der Waals surface area contributed by atoms with Crippen molar-refractivity contribution in [2.24, 2.45) is 0 Å². The number of carbonyl (C=O) groups is 1. The molecular weight excluding hydrogens is 251 g/mol. The highest BCUT2D eigenvalue weighted by Gasteiger charge is 2.17. The Morgan fingerprint density at radius 3 is 3.00 bits per heavy atom. The molecule has 1 N–H and O–H groups in total. The van der Waals surface area contributed by atoms with Gasteiger partial charge in [0.1, 0.15) is 5.15 Å². The van der Waals surface area contributed by atoms with E-state index in [1.807, 2.05) is 4.90 Å².